The number of thiophene rings is 1. The summed E-state index contributed by atoms with van der Waals surface area (Å²) in [6, 6.07) is 72.5. The van der Waals surface area contributed by atoms with Gasteiger partial charge in [0.2, 0.25) is 0 Å². The summed E-state index contributed by atoms with van der Waals surface area (Å²) in [4.78, 5) is 6.38. The van der Waals surface area contributed by atoms with Gasteiger partial charge in [-0.15, -0.1) is 23.1 Å². The van der Waals surface area contributed by atoms with Gasteiger partial charge in [0.25, 0.3) is 0 Å². The van der Waals surface area contributed by atoms with Crippen molar-refractivity contribution in [3.05, 3.63) is 200 Å². The van der Waals surface area contributed by atoms with Crippen molar-refractivity contribution in [2.75, 3.05) is 0 Å². The van der Waals surface area contributed by atoms with E-state index in [1.54, 1.807) is 0 Å². The molecular weight excluding hydrogens is 721 g/mol. The summed E-state index contributed by atoms with van der Waals surface area (Å²) in [5, 5.41) is 8.12. The number of para-hydroxylation sites is 1. The second-order valence-corrected chi connectivity index (χ2v) is 20.2. The first-order valence-electron chi connectivity index (χ1n) is 18.7. The molecule has 10 aromatic rings. The molecule has 0 fully saturated rings. The fraction of sp³-hybridized carbons (Fsp3) is 0.0200. The normalized spacial score (nSPS) is 12.6. The topological polar surface area (TPSA) is 17.8 Å². The minimum absolute atomic E-state index is 0.870. The smallest absolute Gasteiger partial charge is 0.179 e. The average molecular weight is 755 g/mol. The van der Waals surface area contributed by atoms with E-state index >= 15 is 0 Å². The molecule has 0 saturated heterocycles. The van der Waals surface area contributed by atoms with Crippen molar-refractivity contribution in [1.29, 1.82) is 0 Å². The molecular formula is C50H34N2S2Si. The van der Waals surface area contributed by atoms with Crippen LogP contribution in [0.5, 0.6) is 0 Å². The number of hydrogen-bond donors (Lipinski definition) is 0. The van der Waals surface area contributed by atoms with Crippen LogP contribution in [0.1, 0.15) is 5.82 Å². The molecule has 3 heterocycles. The highest BCUT2D eigenvalue weighted by atomic mass is 32.2. The molecule has 0 radical (unpaired) electrons. The third-order valence-corrected chi connectivity index (χ3v) is 18.2. The number of hydrogen-bond acceptors (Lipinski definition) is 3. The maximum atomic E-state index is 5.08. The number of fused-ring (bicyclic) bond motifs is 8. The first kappa shape index (κ1) is 32.4. The molecule has 2 aromatic heterocycles. The second-order valence-electron chi connectivity index (χ2n) is 14.2. The van der Waals surface area contributed by atoms with Gasteiger partial charge < -0.3 is 0 Å². The third kappa shape index (κ3) is 5.19. The van der Waals surface area contributed by atoms with E-state index in [-0.39, 0.29) is 0 Å². The highest BCUT2D eigenvalue weighted by Gasteiger charge is 2.41. The number of imidazole rings is 1. The van der Waals surface area contributed by atoms with Gasteiger partial charge in [0, 0.05) is 25.1 Å². The zero-order valence-corrected chi connectivity index (χ0v) is 32.5. The van der Waals surface area contributed by atoms with Crippen LogP contribution in [-0.2, 0) is 5.75 Å². The number of rotatable bonds is 6. The third-order valence-electron chi connectivity index (χ3n) is 11.2. The second kappa shape index (κ2) is 13.1. The van der Waals surface area contributed by atoms with Crippen LogP contribution in [-0.4, -0.2) is 17.6 Å². The van der Waals surface area contributed by atoms with Gasteiger partial charge in [-0.2, -0.15) is 0 Å². The fourth-order valence-corrected chi connectivity index (χ4v) is 15.7. The van der Waals surface area contributed by atoms with E-state index in [2.05, 4.69) is 199 Å². The molecule has 5 heteroatoms. The molecule has 8 aromatic carbocycles. The Morgan fingerprint density at radius 1 is 0.491 bits per heavy atom. The molecule has 55 heavy (non-hydrogen) atoms. The van der Waals surface area contributed by atoms with Crippen molar-refractivity contribution in [2.45, 2.75) is 10.6 Å². The maximum absolute atomic E-state index is 5.08. The van der Waals surface area contributed by atoms with Gasteiger partial charge in [-0.25, -0.2) is 4.98 Å². The van der Waals surface area contributed by atoms with Gasteiger partial charge in [-0.1, -0.05) is 158 Å². The Balaban J connectivity index is 1.14. The lowest BCUT2D eigenvalue weighted by atomic mass is 10.00. The fourth-order valence-electron chi connectivity index (χ4n) is 8.82. The SMILES string of the molecule is c1ccc([Si](c2ccccc2)(c2cccc(-c3ccc4nc5n(c4c3)-c3ccccc3SC5)c2)c2cccc(-c3cccc4sc5ccccc5c34)c2)cc1. The molecule has 0 N–H and O–H groups in total. The minimum Gasteiger partial charge on any atom is -0.294 e. The minimum atomic E-state index is -2.86. The van der Waals surface area contributed by atoms with Crippen molar-refractivity contribution in [2.24, 2.45) is 0 Å². The lowest BCUT2D eigenvalue weighted by Gasteiger charge is -2.35. The van der Waals surface area contributed by atoms with E-state index in [1.807, 2.05) is 23.1 Å². The summed E-state index contributed by atoms with van der Waals surface area (Å²) in [6.45, 7) is 0. The Bertz CT molecular complexity index is 3020. The van der Waals surface area contributed by atoms with E-state index in [0.717, 1.165) is 22.6 Å². The number of nitrogens with zero attached hydrogens (tertiary/aromatic N) is 2. The van der Waals surface area contributed by atoms with E-state index in [1.165, 1.54) is 73.8 Å². The van der Waals surface area contributed by atoms with E-state index in [9.17, 15) is 0 Å². The maximum Gasteiger partial charge on any atom is 0.179 e. The van der Waals surface area contributed by atoms with Crippen LogP contribution in [0.2, 0.25) is 0 Å². The van der Waals surface area contributed by atoms with Crippen molar-refractivity contribution in [3.8, 4) is 27.9 Å². The van der Waals surface area contributed by atoms with Crippen LogP contribution in [0.4, 0.5) is 0 Å². The lowest BCUT2D eigenvalue weighted by Crippen LogP contribution is -2.74. The van der Waals surface area contributed by atoms with E-state index in [0.29, 0.717) is 0 Å². The summed E-state index contributed by atoms with van der Waals surface area (Å²) in [5.41, 5.74) is 8.35. The van der Waals surface area contributed by atoms with E-state index < -0.39 is 8.07 Å². The molecule has 0 atom stereocenters. The molecule has 0 aliphatic carbocycles. The Labute approximate surface area is 329 Å². The number of benzene rings is 8. The van der Waals surface area contributed by atoms with Crippen molar-refractivity contribution >= 4 is 83.1 Å². The summed E-state index contributed by atoms with van der Waals surface area (Å²) in [7, 11) is -2.86. The Morgan fingerprint density at radius 2 is 1.11 bits per heavy atom. The van der Waals surface area contributed by atoms with Crippen LogP contribution < -0.4 is 20.7 Å². The van der Waals surface area contributed by atoms with Crippen LogP contribution in [0.25, 0.3) is 59.1 Å². The summed E-state index contributed by atoms with van der Waals surface area (Å²) >= 11 is 3.75. The largest absolute Gasteiger partial charge is 0.294 e. The van der Waals surface area contributed by atoms with E-state index in [4.69, 9.17) is 4.98 Å². The predicted molar refractivity (Wildman–Crippen MR) is 238 cm³/mol. The van der Waals surface area contributed by atoms with Gasteiger partial charge in [0.1, 0.15) is 5.82 Å². The Morgan fingerprint density at radius 3 is 1.91 bits per heavy atom. The molecule has 1 aliphatic heterocycles. The van der Waals surface area contributed by atoms with Crippen LogP contribution in [0.15, 0.2) is 199 Å². The molecule has 11 rings (SSSR count). The summed E-state index contributed by atoms with van der Waals surface area (Å²) < 4.78 is 5.02. The Hall–Kier alpha value is -5.98. The standard InChI is InChI=1S/C50H34N2S2Si/c1-3-16-37(17-4-1)55(38-18-5-2-6-19-38,40-21-12-15-36(31-40)41-23-13-27-48-50(41)42-22-7-9-25-46(42)54-48)39-20-11-14-34(30-39)35-28-29-43-45(32-35)52-44-24-8-10-26-47(44)53-33-49(52)51-43/h1-32H,33H2. The molecule has 1 aliphatic rings. The van der Waals surface area contributed by atoms with Crippen LogP contribution in [0, 0.1) is 0 Å². The molecule has 260 valence electrons. The van der Waals surface area contributed by atoms with Gasteiger partial charge >= 0.3 is 0 Å². The molecule has 0 saturated carbocycles. The van der Waals surface area contributed by atoms with Gasteiger partial charge in [0.05, 0.1) is 22.5 Å². The first-order chi connectivity index (χ1) is 27.3. The summed E-state index contributed by atoms with van der Waals surface area (Å²) in [6.07, 6.45) is 0. The first-order valence-corrected chi connectivity index (χ1v) is 22.5. The van der Waals surface area contributed by atoms with Crippen LogP contribution in [0.3, 0.4) is 0 Å². The molecule has 0 unspecified atom stereocenters. The lowest BCUT2D eigenvalue weighted by molar-refractivity contribution is 0.945. The average Bonchev–Trinajstić information content (AvgIpc) is 3.84. The van der Waals surface area contributed by atoms with Crippen molar-refractivity contribution in [3.63, 3.8) is 0 Å². The molecule has 0 bridgehead atoms. The van der Waals surface area contributed by atoms with Gasteiger partial charge in [-0.05, 0) is 79.4 Å². The highest BCUT2D eigenvalue weighted by Crippen LogP contribution is 2.40. The van der Waals surface area contributed by atoms with Crippen molar-refractivity contribution in [1.82, 2.24) is 9.55 Å². The monoisotopic (exact) mass is 754 g/mol. The van der Waals surface area contributed by atoms with Crippen molar-refractivity contribution < 1.29 is 0 Å². The molecule has 0 spiro atoms. The molecule has 0 amide bonds. The van der Waals surface area contributed by atoms with Crippen LogP contribution >= 0.6 is 23.1 Å². The highest BCUT2D eigenvalue weighted by molar-refractivity contribution is 7.98. The Kier molecular flexibility index (Phi) is 7.73. The number of aromatic nitrogens is 2. The zero-order chi connectivity index (χ0) is 36.3. The quantitative estimate of drug-likeness (QED) is 0.124. The number of thioether (sulfide) groups is 1. The molecule has 2 nitrogen and oxygen atoms in total. The zero-order valence-electron chi connectivity index (χ0n) is 29.9. The van der Waals surface area contributed by atoms with Gasteiger partial charge in [0.15, 0.2) is 8.07 Å². The van der Waals surface area contributed by atoms with Gasteiger partial charge in [-0.3, -0.25) is 4.57 Å². The summed E-state index contributed by atoms with van der Waals surface area (Å²) in [5.74, 6) is 1.98. The predicted octanol–water partition coefficient (Wildman–Crippen LogP) is 10.7.